The van der Waals surface area contributed by atoms with Crippen molar-refractivity contribution in [3.8, 4) is 16.9 Å². The summed E-state index contributed by atoms with van der Waals surface area (Å²) >= 11 is 0. The number of amides is 2. The Labute approximate surface area is 193 Å². The molecule has 4 rings (SSSR count). The number of pyridine rings is 1. The number of carbonyl (C=O) groups is 2. The molecule has 10 heteroatoms. The van der Waals surface area contributed by atoms with Gasteiger partial charge in [0.15, 0.2) is 0 Å². The predicted octanol–water partition coefficient (Wildman–Crippen LogP) is 3.94. The highest BCUT2D eigenvalue weighted by molar-refractivity contribution is 6.04. The molecule has 34 heavy (non-hydrogen) atoms. The molecule has 0 unspecified atom stereocenters. The molecule has 176 valence electrons. The van der Waals surface area contributed by atoms with Crippen LogP contribution >= 0.6 is 0 Å². The fourth-order valence-electron chi connectivity index (χ4n) is 3.52. The number of ether oxygens (including phenoxy) is 1. The molecule has 1 aromatic heterocycles. The zero-order valence-electron chi connectivity index (χ0n) is 17.9. The van der Waals surface area contributed by atoms with Gasteiger partial charge in [-0.25, -0.2) is 0 Å². The molecular formula is C24H21F3N4O3. The van der Waals surface area contributed by atoms with E-state index in [1.165, 1.54) is 18.3 Å². The molecule has 0 saturated carbocycles. The Kier molecular flexibility index (Phi) is 6.78. The number of aromatic nitrogens is 1. The smallest absolute Gasteiger partial charge is 0.406 e. The standard InChI is InChI=1S/C24H21F3N4O3/c25-24(26,27)34-21-7-5-20(6-8-21)30-22(32)19-13-18(14-29-15-19)16-1-3-17(4-2-16)23(33)31-11-9-28-10-12-31/h1-8,13-15,28H,9-12H2,(H,30,32). The van der Waals surface area contributed by atoms with E-state index in [1.54, 1.807) is 41.4 Å². The summed E-state index contributed by atoms with van der Waals surface area (Å²) < 4.78 is 40.7. The maximum absolute atomic E-state index is 12.6. The quantitative estimate of drug-likeness (QED) is 0.590. The van der Waals surface area contributed by atoms with Crippen molar-refractivity contribution < 1.29 is 27.5 Å². The van der Waals surface area contributed by atoms with E-state index < -0.39 is 12.3 Å². The summed E-state index contributed by atoms with van der Waals surface area (Å²) in [5.74, 6) is -0.872. The molecule has 2 aromatic carbocycles. The fourth-order valence-corrected chi connectivity index (χ4v) is 3.52. The van der Waals surface area contributed by atoms with Gasteiger partial charge in [0.1, 0.15) is 5.75 Å². The summed E-state index contributed by atoms with van der Waals surface area (Å²) in [5, 5.41) is 5.83. The summed E-state index contributed by atoms with van der Waals surface area (Å²) in [6.07, 6.45) is -1.79. The minimum absolute atomic E-state index is 0.0223. The number of nitrogens with one attached hydrogen (secondary N) is 2. The number of nitrogens with zero attached hydrogens (tertiary/aromatic N) is 2. The summed E-state index contributed by atoms with van der Waals surface area (Å²) in [6, 6.07) is 13.6. The molecular weight excluding hydrogens is 449 g/mol. The van der Waals surface area contributed by atoms with Gasteiger partial charge in [-0.1, -0.05) is 12.1 Å². The monoisotopic (exact) mass is 470 g/mol. The van der Waals surface area contributed by atoms with Crippen LogP contribution < -0.4 is 15.4 Å². The van der Waals surface area contributed by atoms with Gasteiger partial charge in [0, 0.05) is 55.4 Å². The molecule has 0 aliphatic carbocycles. The Morgan fingerprint density at radius 3 is 2.24 bits per heavy atom. The molecule has 1 fully saturated rings. The molecule has 0 radical (unpaired) electrons. The molecule has 2 N–H and O–H groups in total. The number of halogens is 3. The number of benzene rings is 2. The van der Waals surface area contributed by atoms with Gasteiger partial charge in [-0.2, -0.15) is 0 Å². The van der Waals surface area contributed by atoms with Crippen LogP contribution in [0.4, 0.5) is 18.9 Å². The molecule has 1 saturated heterocycles. The van der Waals surface area contributed by atoms with Gasteiger partial charge >= 0.3 is 6.36 Å². The maximum atomic E-state index is 12.6. The molecule has 0 bridgehead atoms. The van der Waals surface area contributed by atoms with E-state index >= 15 is 0 Å². The first-order chi connectivity index (χ1) is 16.3. The van der Waals surface area contributed by atoms with Crippen LogP contribution in [0.1, 0.15) is 20.7 Å². The lowest BCUT2D eigenvalue weighted by atomic mass is 10.0. The predicted molar refractivity (Wildman–Crippen MR) is 120 cm³/mol. The first-order valence-corrected chi connectivity index (χ1v) is 10.5. The van der Waals surface area contributed by atoms with E-state index in [9.17, 15) is 22.8 Å². The number of alkyl halides is 3. The third-order valence-electron chi connectivity index (χ3n) is 5.22. The molecule has 1 aliphatic rings. The average Bonchev–Trinajstić information content (AvgIpc) is 2.84. The Morgan fingerprint density at radius 2 is 1.59 bits per heavy atom. The summed E-state index contributed by atoms with van der Waals surface area (Å²) in [7, 11) is 0. The summed E-state index contributed by atoms with van der Waals surface area (Å²) in [5.41, 5.74) is 2.63. The summed E-state index contributed by atoms with van der Waals surface area (Å²) in [4.78, 5) is 31.2. The van der Waals surface area contributed by atoms with Crippen LogP contribution in [-0.4, -0.2) is 54.2 Å². The summed E-state index contributed by atoms with van der Waals surface area (Å²) in [6.45, 7) is 2.88. The number of rotatable bonds is 5. The van der Waals surface area contributed by atoms with E-state index in [0.717, 1.165) is 30.8 Å². The lowest BCUT2D eigenvalue weighted by Crippen LogP contribution is -2.46. The van der Waals surface area contributed by atoms with Gasteiger partial charge in [0.05, 0.1) is 5.56 Å². The molecule has 2 amide bonds. The third-order valence-corrected chi connectivity index (χ3v) is 5.22. The molecule has 1 aliphatic heterocycles. The van der Waals surface area contributed by atoms with Crippen molar-refractivity contribution in [1.82, 2.24) is 15.2 Å². The van der Waals surface area contributed by atoms with Crippen molar-refractivity contribution in [1.29, 1.82) is 0 Å². The van der Waals surface area contributed by atoms with Crippen LogP contribution in [0.15, 0.2) is 67.0 Å². The van der Waals surface area contributed by atoms with Crippen LogP contribution in [0.25, 0.3) is 11.1 Å². The third kappa shape index (κ3) is 5.90. The van der Waals surface area contributed by atoms with Crippen molar-refractivity contribution in [3.05, 3.63) is 78.1 Å². The van der Waals surface area contributed by atoms with Gasteiger partial charge in [-0.3, -0.25) is 14.6 Å². The van der Waals surface area contributed by atoms with Crippen molar-refractivity contribution in [3.63, 3.8) is 0 Å². The van der Waals surface area contributed by atoms with Crippen molar-refractivity contribution in [2.24, 2.45) is 0 Å². The molecule has 0 spiro atoms. The van der Waals surface area contributed by atoms with Gasteiger partial charge < -0.3 is 20.3 Å². The van der Waals surface area contributed by atoms with Crippen LogP contribution in [0.5, 0.6) is 5.75 Å². The highest BCUT2D eigenvalue weighted by atomic mass is 19.4. The van der Waals surface area contributed by atoms with E-state index in [4.69, 9.17) is 0 Å². The molecule has 0 atom stereocenters. The second-order valence-electron chi connectivity index (χ2n) is 7.61. The zero-order valence-corrected chi connectivity index (χ0v) is 17.9. The molecule has 7 nitrogen and oxygen atoms in total. The Morgan fingerprint density at radius 1 is 0.912 bits per heavy atom. The lowest BCUT2D eigenvalue weighted by molar-refractivity contribution is -0.274. The number of carbonyl (C=O) groups excluding carboxylic acids is 2. The minimum Gasteiger partial charge on any atom is -0.406 e. The number of hydrogen-bond donors (Lipinski definition) is 2. The second kappa shape index (κ2) is 9.92. The fraction of sp³-hybridized carbons (Fsp3) is 0.208. The first-order valence-electron chi connectivity index (χ1n) is 10.5. The second-order valence-corrected chi connectivity index (χ2v) is 7.61. The number of hydrogen-bond acceptors (Lipinski definition) is 5. The number of piperazine rings is 1. The van der Waals surface area contributed by atoms with Crippen LogP contribution in [0, 0.1) is 0 Å². The largest absolute Gasteiger partial charge is 0.573 e. The van der Waals surface area contributed by atoms with Gasteiger partial charge in [-0.15, -0.1) is 13.2 Å². The van der Waals surface area contributed by atoms with Crippen molar-refractivity contribution >= 4 is 17.5 Å². The van der Waals surface area contributed by atoms with Gasteiger partial charge in [0.2, 0.25) is 0 Å². The van der Waals surface area contributed by atoms with E-state index in [1.807, 2.05) is 0 Å². The van der Waals surface area contributed by atoms with Crippen molar-refractivity contribution in [2.45, 2.75) is 6.36 Å². The van der Waals surface area contributed by atoms with Crippen LogP contribution in [0.3, 0.4) is 0 Å². The Hall–Kier alpha value is -3.92. The van der Waals surface area contributed by atoms with Crippen LogP contribution in [-0.2, 0) is 0 Å². The zero-order chi connectivity index (χ0) is 24.1. The molecule has 3 aromatic rings. The normalized spacial score (nSPS) is 13.9. The topological polar surface area (TPSA) is 83.6 Å². The van der Waals surface area contributed by atoms with E-state index in [-0.39, 0.29) is 17.2 Å². The number of anilines is 1. The van der Waals surface area contributed by atoms with E-state index in [2.05, 4.69) is 20.4 Å². The maximum Gasteiger partial charge on any atom is 0.573 e. The highest BCUT2D eigenvalue weighted by Crippen LogP contribution is 2.25. The lowest BCUT2D eigenvalue weighted by Gasteiger charge is -2.27. The van der Waals surface area contributed by atoms with Gasteiger partial charge in [-0.05, 0) is 48.0 Å². The highest BCUT2D eigenvalue weighted by Gasteiger charge is 2.31. The van der Waals surface area contributed by atoms with Crippen LogP contribution in [0.2, 0.25) is 0 Å². The van der Waals surface area contributed by atoms with Crippen molar-refractivity contribution in [2.75, 3.05) is 31.5 Å². The first kappa shape index (κ1) is 23.2. The Balaban J connectivity index is 1.43. The minimum atomic E-state index is -4.78. The SMILES string of the molecule is O=C(Nc1ccc(OC(F)(F)F)cc1)c1cncc(-c2ccc(C(=O)N3CCNCC3)cc2)c1. The van der Waals surface area contributed by atoms with E-state index in [0.29, 0.717) is 29.9 Å². The Bertz CT molecular complexity index is 1160. The van der Waals surface area contributed by atoms with Gasteiger partial charge in [0.25, 0.3) is 11.8 Å². The molecule has 2 heterocycles. The average molecular weight is 470 g/mol.